The minimum Gasteiger partial charge on any atom is -0.370 e. The lowest BCUT2D eigenvalue weighted by atomic mass is 9.91. The largest absolute Gasteiger partial charge is 0.370 e. The summed E-state index contributed by atoms with van der Waals surface area (Å²) in [7, 11) is 1.92. The predicted octanol–water partition coefficient (Wildman–Crippen LogP) is 2.47. The minimum absolute atomic E-state index is 0.238. The lowest BCUT2D eigenvalue weighted by molar-refractivity contribution is 0.267. The molecule has 1 aromatic rings. The van der Waals surface area contributed by atoms with E-state index in [1.807, 2.05) is 24.1 Å². The number of aliphatic imine (C=N–C) groups is 1. The van der Waals surface area contributed by atoms with Crippen molar-refractivity contribution in [2.24, 2.45) is 10.7 Å². The number of halogens is 2. The van der Waals surface area contributed by atoms with Crippen molar-refractivity contribution in [1.29, 1.82) is 0 Å². The van der Waals surface area contributed by atoms with Crippen LogP contribution in [0.5, 0.6) is 0 Å². The van der Waals surface area contributed by atoms with E-state index in [2.05, 4.69) is 11.9 Å². The maximum Gasteiger partial charge on any atom is 0.191 e. The van der Waals surface area contributed by atoms with Gasteiger partial charge in [-0.15, -0.1) is 0 Å². The van der Waals surface area contributed by atoms with E-state index < -0.39 is 0 Å². The normalized spacial score (nSPS) is 24.8. The fraction of sp³-hybridized carbons (Fsp3) is 0.364. The molecule has 1 aliphatic heterocycles. The lowest BCUT2D eigenvalue weighted by Crippen LogP contribution is -2.44. The zero-order chi connectivity index (χ0) is 11.9. The molecule has 0 aliphatic carbocycles. The van der Waals surface area contributed by atoms with Gasteiger partial charge in [0.05, 0.1) is 22.1 Å². The summed E-state index contributed by atoms with van der Waals surface area (Å²) in [4.78, 5) is 6.19. The lowest BCUT2D eigenvalue weighted by Gasteiger charge is -2.33. The van der Waals surface area contributed by atoms with Crippen molar-refractivity contribution >= 4 is 29.2 Å². The molecule has 0 aromatic heterocycles. The zero-order valence-corrected chi connectivity index (χ0v) is 10.7. The van der Waals surface area contributed by atoms with Gasteiger partial charge < -0.3 is 10.6 Å². The molecule has 1 aliphatic rings. The third-order valence-corrected chi connectivity index (χ3v) is 3.91. The molecule has 0 saturated carbocycles. The Bertz CT molecular complexity index is 459. The fourth-order valence-electron chi connectivity index (χ4n) is 1.82. The molecule has 1 heterocycles. The molecule has 16 heavy (non-hydrogen) atoms. The number of hydrogen-bond donors (Lipinski definition) is 1. The van der Waals surface area contributed by atoms with Crippen LogP contribution in [-0.2, 0) is 5.54 Å². The number of nitrogens with zero attached hydrogens (tertiary/aromatic N) is 2. The van der Waals surface area contributed by atoms with Crippen molar-refractivity contribution in [3.63, 3.8) is 0 Å². The van der Waals surface area contributed by atoms with Crippen LogP contribution < -0.4 is 5.73 Å². The molecule has 2 rings (SSSR count). The van der Waals surface area contributed by atoms with E-state index in [9.17, 15) is 0 Å². The van der Waals surface area contributed by atoms with Crippen LogP contribution in [0.15, 0.2) is 23.2 Å². The van der Waals surface area contributed by atoms with Crippen LogP contribution in [0.1, 0.15) is 12.5 Å². The summed E-state index contributed by atoms with van der Waals surface area (Å²) in [5, 5.41) is 1.11. The van der Waals surface area contributed by atoms with Crippen LogP contribution in [0, 0.1) is 0 Å². The van der Waals surface area contributed by atoms with E-state index >= 15 is 0 Å². The molecular weight excluding hydrogens is 245 g/mol. The zero-order valence-electron chi connectivity index (χ0n) is 9.17. The summed E-state index contributed by atoms with van der Waals surface area (Å²) < 4.78 is 0. The Morgan fingerprint density at radius 1 is 1.38 bits per heavy atom. The maximum atomic E-state index is 6.02. The molecule has 0 amide bonds. The van der Waals surface area contributed by atoms with E-state index in [0.717, 1.165) is 5.56 Å². The van der Waals surface area contributed by atoms with Crippen LogP contribution in [0.3, 0.4) is 0 Å². The predicted molar refractivity (Wildman–Crippen MR) is 68.1 cm³/mol. The smallest absolute Gasteiger partial charge is 0.191 e. The number of hydrogen-bond acceptors (Lipinski definition) is 3. The highest BCUT2D eigenvalue weighted by Gasteiger charge is 2.37. The van der Waals surface area contributed by atoms with Crippen LogP contribution >= 0.6 is 23.2 Å². The molecule has 5 heteroatoms. The van der Waals surface area contributed by atoms with Crippen molar-refractivity contribution < 1.29 is 0 Å². The quantitative estimate of drug-likeness (QED) is 0.840. The first kappa shape index (κ1) is 11.6. The average Bonchev–Trinajstić information content (AvgIpc) is 2.52. The summed E-state index contributed by atoms with van der Waals surface area (Å²) >= 11 is 11.9. The molecule has 0 spiro atoms. The molecule has 2 N–H and O–H groups in total. The third-order valence-electron chi connectivity index (χ3n) is 3.17. The SMILES string of the molecule is CN1C(N)=NCC1(C)c1ccc(Cl)c(Cl)c1. The molecule has 0 bridgehead atoms. The molecule has 3 nitrogen and oxygen atoms in total. The first-order valence-corrected chi connectivity index (χ1v) is 5.70. The topological polar surface area (TPSA) is 41.6 Å². The molecule has 0 radical (unpaired) electrons. The summed E-state index contributed by atoms with van der Waals surface area (Å²) in [6, 6.07) is 5.63. The molecule has 1 unspecified atom stereocenters. The second-order valence-electron chi connectivity index (χ2n) is 4.14. The molecule has 0 fully saturated rings. The van der Waals surface area contributed by atoms with E-state index in [1.54, 1.807) is 6.07 Å². The Balaban J connectivity index is 2.42. The highest BCUT2D eigenvalue weighted by atomic mass is 35.5. The standard InChI is InChI=1S/C11H13Cl2N3/c1-11(6-15-10(14)16(11)2)7-3-4-8(12)9(13)5-7/h3-5H,6H2,1-2H3,(H2,14,15). The monoisotopic (exact) mass is 257 g/mol. The van der Waals surface area contributed by atoms with Crippen molar-refractivity contribution in [3.05, 3.63) is 33.8 Å². The summed E-state index contributed by atoms with van der Waals surface area (Å²) in [5.74, 6) is 0.550. The number of benzene rings is 1. The van der Waals surface area contributed by atoms with Crippen LogP contribution in [0.4, 0.5) is 0 Å². The Labute approximate surface area is 105 Å². The van der Waals surface area contributed by atoms with Gasteiger partial charge >= 0.3 is 0 Å². The second kappa shape index (κ2) is 3.82. The van der Waals surface area contributed by atoms with Crippen molar-refractivity contribution in [3.8, 4) is 0 Å². The van der Waals surface area contributed by atoms with Gasteiger partial charge in [-0.2, -0.15) is 0 Å². The molecule has 1 aromatic carbocycles. The number of nitrogens with two attached hydrogens (primary N) is 1. The van der Waals surface area contributed by atoms with Gasteiger partial charge in [-0.05, 0) is 24.6 Å². The first-order valence-electron chi connectivity index (χ1n) is 4.94. The minimum atomic E-state index is -0.238. The Morgan fingerprint density at radius 2 is 2.06 bits per heavy atom. The van der Waals surface area contributed by atoms with Gasteiger partial charge in [-0.1, -0.05) is 29.3 Å². The summed E-state index contributed by atoms with van der Waals surface area (Å²) in [5.41, 5.74) is 6.60. The maximum absolute atomic E-state index is 6.02. The van der Waals surface area contributed by atoms with Crippen LogP contribution in [0.2, 0.25) is 10.0 Å². The van der Waals surface area contributed by atoms with Crippen LogP contribution in [-0.4, -0.2) is 24.5 Å². The molecule has 0 saturated heterocycles. The Hall–Kier alpha value is -0.930. The van der Waals surface area contributed by atoms with E-state index in [4.69, 9.17) is 28.9 Å². The van der Waals surface area contributed by atoms with Crippen LogP contribution in [0.25, 0.3) is 0 Å². The van der Waals surface area contributed by atoms with Crippen molar-refractivity contribution in [2.45, 2.75) is 12.5 Å². The van der Waals surface area contributed by atoms with Gasteiger partial charge in [0.25, 0.3) is 0 Å². The van der Waals surface area contributed by atoms with Gasteiger partial charge in [0.2, 0.25) is 0 Å². The van der Waals surface area contributed by atoms with E-state index in [-0.39, 0.29) is 5.54 Å². The Kier molecular flexibility index (Phi) is 2.76. The van der Waals surface area contributed by atoms with Gasteiger partial charge in [0.15, 0.2) is 5.96 Å². The van der Waals surface area contributed by atoms with E-state index in [0.29, 0.717) is 22.5 Å². The first-order chi connectivity index (χ1) is 7.45. The van der Waals surface area contributed by atoms with Crippen molar-refractivity contribution in [1.82, 2.24) is 4.90 Å². The Morgan fingerprint density at radius 3 is 2.56 bits per heavy atom. The van der Waals surface area contributed by atoms with Gasteiger partial charge in [0, 0.05) is 7.05 Å². The summed E-state index contributed by atoms with van der Waals surface area (Å²) in [6.45, 7) is 2.71. The highest BCUT2D eigenvalue weighted by molar-refractivity contribution is 6.42. The third kappa shape index (κ3) is 1.64. The number of guanidine groups is 1. The average molecular weight is 258 g/mol. The van der Waals surface area contributed by atoms with E-state index in [1.165, 1.54) is 0 Å². The highest BCUT2D eigenvalue weighted by Crippen LogP contribution is 2.34. The van der Waals surface area contributed by atoms with Gasteiger partial charge in [0.1, 0.15) is 0 Å². The number of rotatable bonds is 1. The van der Waals surface area contributed by atoms with Gasteiger partial charge in [-0.25, -0.2) is 0 Å². The summed E-state index contributed by atoms with van der Waals surface area (Å²) in [6.07, 6.45) is 0. The van der Waals surface area contributed by atoms with Gasteiger partial charge in [-0.3, -0.25) is 4.99 Å². The molecule has 86 valence electrons. The second-order valence-corrected chi connectivity index (χ2v) is 4.95. The number of likely N-dealkylation sites (N-methyl/N-ethyl adjacent to an activating group) is 1. The molecular formula is C11H13Cl2N3. The fourth-order valence-corrected chi connectivity index (χ4v) is 2.11. The van der Waals surface area contributed by atoms with Crippen molar-refractivity contribution in [2.75, 3.05) is 13.6 Å². The molecule has 1 atom stereocenters.